The van der Waals surface area contributed by atoms with Crippen LogP contribution in [0.1, 0.15) is 16.0 Å². The molecule has 94 valence electrons. The molecule has 2 rings (SSSR count). The minimum Gasteiger partial charge on any atom is -0.351 e. The molecule has 0 spiro atoms. The minimum absolute atomic E-state index is 0.0894. The number of rotatable bonds is 4. The van der Waals surface area contributed by atoms with Gasteiger partial charge in [0.1, 0.15) is 5.82 Å². The molecule has 0 radical (unpaired) electrons. The lowest BCUT2D eigenvalue weighted by atomic mass is 10.1. The van der Waals surface area contributed by atoms with Gasteiger partial charge in [-0.2, -0.15) is 0 Å². The number of carbonyl (C=O) groups excluding carboxylic acids is 1. The SMILES string of the molecule is Cc1ccsc1CNC(=O)Cc1cccc(F)c1. The van der Waals surface area contributed by atoms with E-state index in [9.17, 15) is 9.18 Å². The summed E-state index contributed by atoms with van der Waals surface area (Å²) in [6.45, 7) is 2.56. The van der Waals surface area contributed by atoms with Gasteiger partial charge in [0.05, 0.1) is 13.0 Å². The van der Waals surface area contributed by atoms with Gasteiger partial charge in [0.2, 0.25) is 5.91 Å². The Kier molecular flexibility index (Phi) is 4.10. The molecule has 0 saturated heterocycles. The molecule has 0 atom stereocenters. The van der Waals surface area contributed by atoms with E-state index < -0.39 is 0 Å². The molecule has 18 heavy (non-hydrogen) atoms. The molecule has 1 heterocycles. The lowest BCUT2D eigenvalue weighted by molar-refractivity contribution is -0.120. The third kappa shape index (κ3) is 3.40. The van der Waals surface area contributed by atoms with E-state index in [2.05, 4.69) is 5.32 Å². The van der Waals surface area contributed by atoms with Gasteiger partial charge in [-0.05, 0) is 41.6 Å². The number of aryl methyl sites for hydroxylation is 1. The van der Waals surface area contributed by atoms with E-state index in [0.717, 1.165) is 4.88 Å². The molecule has 1 amide bonds. The largest absolute Gasteiger partial charge is 0.351 e. The van der Waals surface area contributed by atoms with Gasteiger partial charge in [-0.1, -0.05) is 12.1 Å². The highest BCUT2D eigenvalue weighted by Gasteiger charge is 2.05. The van der Waals surface area contributed by atoms with Crippen LogP contribution in [0.3, 0.4) is 0 Å². The highest BCUT2D eigenvalue weighted by atomic mass is 32.1. The first-order valence-corrected chi connectivity index (χ1v) is 6.57. The fourth-order valence-electron chi connectivity index (χ4n) is 1.66. The van der Waals surface area contributed by atoms with Gasteiger partial charge in [-0.3, -0.25) is 4.79 Å². The summed E-state index contributed by atoms with van der Waals surface area (Å²) in [6, 6.07) is 8.14. The zero-order valence-corrected chi connectivity index (χ0v) is 10.9. The first-order chi connectivity index (χ1) is 8.65. The first-order valence-electron chi connectivity index (χ1n) is 5.69. The molecule has 0 aliphatic heterocycles. The van der Waals surface area contributed by atoms with Crippen LogP contribution in [0.15, 0.2) is 35.7 Å². The smallest absolute Gasteiger partial charge is 0.224 e. The lowest BCUT2D eigenvalue weighted by Gasteiger charge is -2.05. The molecule has 0 aliphatic rings. The summed E-state index contributed by atoms with van der Waals surface area (Å²) in [5.41, 5.74) is 1.88. The molecule has 0 fully saturated rings. The Hall–Kier alpha value is -1.68. The number of hydrogen-bond donors (Lipinski definition) is 1. The van der Waals surface area contributed by atoms with Crippen molar-refractivity contribution >= 4 is 17.2 Å². The van der Waals surface area contributed by atoms with Crippen molar-refractivity contribution in [1.29, 1.82) is 0 Å². The number of halogens is 1. The summed E-state index contributed by atoms with van der Waals surface area (Å²) < 4.78 is 12.9. The highest BCUT2D eigenvalue weighted by molar-refractivity contribution is 7.10. The van der Waals surface area contributed by atoms with Crippen LogP contribution in [-0.2, 0) is 17.8 Å². The van der Waals surface area contributed by atoms with Crippen LogP contribution in [0.2, 0.25) is 0 Å². The maximum Gasteiger partial charge on any atom is 0.224 e. The van der Waals surface area contributed by atoms with Gasteiger partial charge < -0.3 is 5.32 Å². The number of amides is 1. The number of carbonyl (C=O) groups is 1. The average Bonchev–Trinajstić information content (AvgIpc) is 2.72. The Bertz CT molecular complexity index is 550. The fourth-order valence-corrected chi connectivity index (χ4v) is 2.50. The Morgan fingerprint density at radius 3 is 2.89 bits per heavy atom. The van der Waals surface area contributed by atoms with Crippen LogP contribution in [0, 0.1) is 12.7 Å². The molecule has 0 unspecified atom stereocenters. The average molecular weight is 263 g/mol. The van der Waals surface area contributed by atoms with E-state index in [1.807, 2.05) is 18.4 Å². The van der Waals surface area contributed by atoms with E-state index in [0.29, 0.717) is 12.1 Å². The molecular formula is C14H14FNOS. The van der Waals surface area contributed by atoms with Crippen LogP contribution < -0.4 is 5.32 Å². The topological polar surface area (TPSA) is 29.1 Å². The minimum atomic E-state index is -0.311. The maximum atomic E-state index is 12.9. The zero-order valence-electron chi connectivity index (χ0n) is 10.1. The van der Waals surface area contributed by atoms with Gasteiger partial charge >= 0.3 is 0 Å². The summed E-state index contributed by atoms with van der Waals surface area (Å²) in [7, 11) is 0. The van der Waals surface area contributed by atoms with Gasteiger partial charge in [0, 0.05) is 4.88 Å². The van der Waals surface area contributed by atoms with Crippen molar-refractivity contribution in [3.63, 3.8) is 0 Å². The van der Waals surface area contributed by atoms with E-state index in [-0.39, 0.29) is 18.1 Å². The molecule has 1 aromatic heterocycles. The number of thiophene rings is 1. The fraction of sp³-hybridized carbons (Fsp3) is 0.214. The summed E-state index contributed by atoms with van der Waals surface area (Å²) in [4.78, 5) is 12.9. The molecule has 1 N–H and O–H groups in total. The van der Waals surface area contributed by atoms with Crippen LogP contribution >= 0.6 is 11.3 Å². The van der Waals surface area contributed by atoms with Crippen molar-refractivity contribution < 1.29 is 9.18 Å². The van der Waals surface area contributed by atoms with Crippen LogP contribution in [0.4, 0.5) is 4.39 Å². The Labute approximate surface area is 109 Å². The van der Waals surface area contributed by atoms with Gasteiger partial charge in [0.15, 0.2) is 0 Å². The highest BCUT2D eigenvalue weighted by Crippen LogP contribution is 2.14. The van der Waals surface area contributed by atoms with E-state index in [1.54, 1.807) is 23.5 Å². The molecule has 0 aliphatic carbocycles. The molecule has 2 aromatic rings. The third-order valence-electron chi connectivity index (χ3n) is 2.67. The second-order valence-electron chi connectivity index (χ2n) is 4.11. The number of hydrogen-bond acceptors (Lipinski definition) is 2. The molecule has 1 aromatic carbocycles. The summed E-state index contributed by atoms with van der Waals surface area (Å²) in [6.07, 6.45) is 0.210. The predicted octanol–water partition coefficient (Wildman–Crippen LogP) is 3.05. The maximum absolute atomic E-state index is 12.9. The van der Waals surface area contributed by atoms with Crippen molar-refractivity contribution in [1.82, 2.24) is 5.32 Å². The Morgan fingerprint density at radius 2 is 2.22 bits per heavy atom. The zero-order chi connectivity index (χ0) is 13.0. The van der Waals surface area contributed by atoms with Gasteiger partial charge in [-0.15, -0.1) is 11.3 Å². The first kappa shape index (κ1) is 12.8. The quantitative estimate of drug-likeness (QED) is 0.902. The van der Waals surface area contributed by atoms with Crippen molar-refractivity contribution in [3.05, 3.63) is 57.5 Å². The van der Waals surface area contributed by atoms with E-state index in [4.69, 9.17) is 0 Å². The van der Waals surface area contributed by atoms with Crippen molar-refractivity contribution in [2.45, 2.75) is 19.9 Å². The molecular weight excluding hydrogens is 249 g/mol. The number of benzene rings is 1. The van der Waals surface area contributed by atoms with Crippen LogP contribution in [0.5, 0.6) is 0 Å². The lowest BCUT2D eigenvalue weighted by Crippen LogP contribution is -2.24. The summed E-state index contributed by atoms with van der Waals surface area (Å²) >= 11 is 1.63. The predicted molar refractivity (Wildman–Crippen MR) is 71.0 cm³/mol. The molecule has 4 heteroatoms. The van der Waals surface area contributed by atoms with Gasteiger partial charge in [-0.25, -0.2) is 4.39 Å². The molecule has 0 bridgehead atoms. The standard InChI is InChI=1S/C14H14FNOS/c1-10-5-6-18-13(10)9-16-14(17)8-11-3-2-4-12(15)7-11/h2-7H,8-9H2,1H3,(H,16,17). The number of nitrogens with one attached hydrogen (secondary N) is 1. The van der Waals surface area contributed by atoms with E-state index >= 15 is 0 Å². The van der Waals surface area contributed by atoms with Crippen molar-refractivity contribution in [3.8, 4) is 0 Å². The second-order valence-corrected chi connectivity index (χ2v) is 5.11. The van der Waals surface area contributed by atoms with Crippen LogP contribution in [-0.4, -0.2) is 5.91 Å². The van der Waals surface area contributed by atoms with Crippen molar-refractivity contribution in [2.24, 2.45) is 0 Å². The summed E-state index contributed by atoms with van der Waals surface area (Å²) in [5, 5.41) is 4.85. The third-order valence-corrected chi connectivity index (χ3v) is 3.69. The van der Waals surface area contributed by atoms with Gasteiger partial charge in [0.25, 0.3) is 0 Å². The molecule has 0 saturated carbocycles. The Balaban J connectivity index is 1.88. The Morgan fingerprint density at radius 1 is 1.39 bits per heavy atom. The molecule has 2 nitrogen and oxygen atoms in total. The second kappa shape index (κ2) is 5.78. The summed E-state index contributed by atoms with van der Waals surface area (Å²) in [5.74, 6) is -0.400. The van der Waals surface area contributed by atoms with Crippen molar-refractivity contribution in [2.75, 3.05) is 0 Å². The monoisotopic (exact) mass is 263 g/mol. The van der Waals surface area contributed by atoms with E-state index in [1.165, 1.54) is 17.7 Å². The normalized spacial score (nSPS) is 10.3. The van der Waals surface area contributed by atoms with Crippen LogP contribution in [0.25, 0.3) is 0 Å².